The van der Waals surface area contributed by atoms with Crippen LogP contribution in [0.15, 0.2) is 24.3 Å². The van der Waals surface area contributed by atoms with Gasteiger partial charge in [0.15, 0.2) is 0 Å². The molecule has 0 aromatic heterocycles. The van der Waals surface area contributed by atoms with Gasteiger partial charge in [0, 0.05) is 44.7 Å². The van der Waals surface area contributed by atoms with Crippen LogP contribution in [0.2, 0.25) is 0 Å². The minimum atomic E-state index is 0.280. The Bertz CT molecular complexity index is 617. The molecular formula is C23H37N3O. The van der Waals surface area contributed by atoms with Crippen LogP contribution in [-0.4, -0.2) is 73.0 Å². The van der Waals surface area contributed by atoms with Crippen LogP contribution in [0, 0.1) is 0 Å². The quantitative estimate of drug-likeness (QED) is 0.794. The lowest BCUT2D eigenvalue weighted by atomic mass is 9.83. The van der Waals surface area contributed by atoms with E-state index in [1.54, 1.807) is 0 Å². The molecule has 0 unspecified atom stereocenters. The van der Waals surface area contributed by atoms with Crippen molar-refractivity contribution < 1.29 is 4.79 Å². The number of nitrogens with zero attached hydrogens (tertiary/aromatic N) is 3. The van der Waals surface area contributed by atoms with Crippen molar-refractivity contribution >= 4 is 5.91 Å². The van der Waals surface area contributed by atoms with Crippen LogP contribution in [-0.2, 0) is 11.2 Å². The first-order valence-electron chi connectivity index (χ1n) is 10.7. The first-order valence-corrected chi connectivity index (χ1v) is 10.7. The maximum absolute atomic E-state index is 12.7. The number of carbonyl (C=O) groups is 1. The molecule has 4 heteroatoms. The first-order chi connectivity index (χ1) is 12.9. The summed E-state index contributed by atoms with van der Waals surface area (Å²) in [6, 6.07) is 8.90. The molecule has 0 bridgehead atoms. The van der Waals surface area contributed by atoms with Crippen molar-refractivity contribution in [1.29, 1.82) is 0 Å². The van der Waals surface area contributed by atoms with Crippen molar-refractivity contribution in [2.24, 2.45) is 0 Å². The minimum Gasteiger partial charge on any atom is -0.343 e. The van der Waals surface area contributed by atoms with Gasteiger partial charge in [-0.15, -0.1) is 0 Å². The van der Waals surface area contributed by atoms with Crippen molar-refractivity contribution in [3.8, 4) is 0 Å². The Labute approximate surface area is 165 Å². The van der Waals surface area contributed by atoms with E-state index in [9.17, 15) is 4.79 Å². The van der Waals surface area contributed by atoms with Crippen molar-refractivity contribution in [2.75, 3.05) is 46.8 Å². The molecule has 0 N–H and O–H groups in total. The Hall–Kier alpha value is -1.39. The number of amides is 1. The van der Waals surface area contributed by atoms with Crippen LogP contribution >= 0.6 is 0 Å². The Morgan fingerprint density at radius 2 is 1.70 bits per heavy atom. The summed E-state index contributed by atoms with van der Waals surface area (Å²) in [7, 11) is 4.48. The molecule has 150 valence electrons. The number of aryl methyl sites for hydroxylation is 1. The molecule has 0 radical (unpaired) electrons. The van der Waals surface area contributed by atoms with Crippen LogP contribution in [0.25, 0.3) is 0 Å². The van der Waals surface area contributed by atoms with Gasteiger partial charge in [-0.05, 0) is 56.8 Å². The molecule has 27 heavy (non-hydrogen) atoms. The van der Waals surface area contributed by atoms with Gasteiger partial charge in [-0.2, -0.15) is 0 Å². The van der Waals surface area contributed by atoms with Gasteiger partial charge < -0.3 is 9.80 Å². The average Bonchev–Trinajstić information content (AvgIpc) is 2.66. The van der Waals surface area contributed by atoms with E-state index in [-0.39, 0.29) is 5.54 Å². The smallest absolute Gasteiger partial charge is 0.222 e. The van der Waals surface area contributed by atoms with Crippen molar-refractivity contribution in [3.05, 3.63) is 35.4 Å². The monoisotopic (exact) mass is 371 g/mol. The van der Waals surface area contributed by atoms with E-state index in [0.717, 1.165) is 58.4 Å². The number of likely N-dealkylation sites (N-methyl/N-ethyl adjacent to an activating group) is 2. The zero-order chi connectivity index (χ0) is 19.4. The molecule has 0 aliphatic carbocycles. The van der Waals surface area contributed by atoms with Gasteiger partial charge in [-0.1, -0.05) is 38.1 Å². The van der Waals surface area contributed by atoms with E-state index >= 15 is 0 Å². The topological polar surface area (TPSA) is 26.8 Å². The van der Waals surface area contributed by atoms with Crippen LogP contribution in [0.4, 0.5) is 0 Å². The number of piperazine rings is 1. The SMILES string of the molecule is CC(C)c1ccc(CCCC(=O)N2CCC3(CC2)CN(C)CCN3C)cc1. The van der Waals surface area contributed by atoms with Crippen molar-refractivity contribution in [3.63, 3.8) is 0 Å². The maximum atomic E-state index is 12.7. The predicted molar refractivity (Wildman–Crippen MR) is 112 cm³/mol. The molecule has 1 aromatic rings. The Balaban J connectivity index is 1.43. The molecule has 3 rings (SSSR count). The van der Waals surface area contributed by atoms with Crippen LogP contribution in [0.3, 0.4) is 0 Å². The third kappa shape index (κ3) is 4.91. The van der Waals surface area contributed by atoms with Crippen LogP contribution in [0.1, 0.15) is 56.6 Å². The molecule has 1 aromatic carbocycles. The molecule has 2 aliphatic heterocycles. The highest BCUT2D eigenvalue weighted by Gasteiger charge is 2.41. The van der Waals surface area contributed by atoms with E-state index in [0.29, 0.717) is 18.2 Å². The minimum absolute atomic E-state index is 0.280. The second-order valence-corrected chi connectivity index (χ2v) is 9.01. The standard InChI is InChI=1S/C23H37N3O/c1-19(2)21-10-8-20(9-11-21)6-5-7-22(27)26-14-12-23(13-15-26)18-24(3)16-17-25(23)4/h8-11,19H,5-7,12-18H2,1-4H3. The predicted octanol–water partition coefficient (Wildman–Crippen LogP) is 3.37. The summed E-state index contributed by atoms with van der Waals surface area (Å²) >= 11 is 0. The highest BCUT2D eigenvalue weighted by Crippen LogP contribution is 2.31. The highest BCUT2D eigenvalue weighted by molar-refractivity contribution is 5.76. The number of piperidine rings is 1. The molecule has 4 nitrogen and oxygen atoms in total. The number of hydrogen-bond acceptors (Lipinski definition) is 3. The zero-order valence-electron chi connectivity index (χ0n) is 17.7. The van der Waals surface area contributed by atoms with E-state index < -0.39 is 0 Å². The average molecular weight is 372 g/mol. The van der Waals surface area contributed by atoms with Crippen molar-refractivity contribution in [2.45, 2.75) is 57.4 Å². The number of hydrogen-bond donors (Lipinski definition) is 0. The van der Waals surface area contributed by atoms with Gasteiger partial charge in [0.25, 0.3) is 0 Å². The molecule has 0 saturated carbocycles. The molecule has 2 heterocycles. The van der Waals surface area contributed by atoms with E-state index in [1.165, 1.54) is 11.1 Å². The van der Waals surface area contributed by atoms with Gasteiger partial charge in [-0.25, -0.2) is 0 Å². The zero-order valence-corrected chi connectivity index (χ0v) is 17.7. The fourth-order valence-corrected chi connectivity index (χ4v) is 4.64. The molecule has 1 spiro atoms. The summed E-state index contributed by atoms with van der Waals surface area (Å²) in [6.45, 7) is 9.70. The lowest BCUT2D eigenvalue weighted by molar-refractivity contribution is -0.134. The third-order valence-corrected chi connectivity index (χ3v) is 6.74. The van der Waals surface area contributed by atoms with Crippen molar-refractivity contribution in [1.82, 2.24) is 14.7 Å². The molecule has 2 aliphatic rings. The fraction of sp³-hybridized carbons (Fsp3) is 0.696. The largest absolute Gasteiger partial charge is 0.343 e. The molecule has 2 fully saturated rings. The summed E-state index contributed by atoms with van der Waals surface area (Å²) < 4.78 is 0. The highest BCUT2D eigenvalue weighted by atomic mass is 16.2. The maximum Gasteiger partial charge on any atom is 0.222 e. The number of benzene rings is 1. The van der Waals surface area contributed by atoms with E-state index in [1.807, 2.05) is 0 Å². The summed E-state index contributed by atoms with van der Waals surface area (Å²) in [5, 5.41) is 0. The second kappa shape index (κ2) is 8.74. The number of rotatable bonds is 5. The molecule has 0 atom stereocenters. The van der Waals surface area contributed by atoms with Gasteiger partial charge in [0.05, 0.1) is 0 Å². The fourth-order valence-electron chi connectivity index (χ4n) is 4.64. The molecular weight excluding hydrogens is 334 g/mol. The Morgan fingerprint density at radius 3 is 2.33 bits per heavy atom. The summed E-state index contributed by atoms with van der Waals surface area (Å²) in [4.78, 5) is 19.7. The summed E-state index contributed by atoms with van der Waals surface area (Å²) in [5.41, 5.74) is 3.01. The molecule has 1 amide bonds. The first kappa shape index (κ1) is 20.3. The molecule has 2 saturated heterocycles. The number of carbonyl (C=O) groups excluding carboxylic acids is 1. The van der Waals surface area contributed by atoms with Gasteiger partial charge >= 0.3 is 0 Å². The lowest BCUT2D eigenvalue weighted by Gasteiger charge is -2.52. The van der Waals surface area contributed by atoms with Gasteiger partial charge in [0.1, 0.15) is 0 Å². The van der Waals surface area contributed by atoms with Crippen LogP contribution < -0.4 is 0 Å². The lowest BCUT2D eigenvalue weighted by Crippen LogP contribution is -2.64. The van der Waals surface area contributed by atoms with E-state index in [4.69, 9.17) is 0 Å². The summed E-state index contributed by atoms with van der Waals surface area (Å²) in [5.74, 6) is 0.918. The summed E-state index contributed by atoms with van der Waals surface area (Å²) in [6.07, 6.45) is 4.83. The van der Waals surface area contributed by atoms with Crippen LogP contribution in [0.5, 0.6) is 0 Å². The third-order valence-electron chi connectivity index (χ3n) is 6.74. The number of likely N-dealkylation sites (tertiary alicyclic amines) is 1. The normalized spacial score (nSPS) is 21.1. The van der Waals surface area contributed by atoms with E-state index in [2.05, 4.69) is 66.9 Å². The Kier molecular flexibility index (Phi) is 6.59. The van der Waals surface area contributed by atoms with Gasteiger partial charge in [0.2, 0.25) is 5.91 Å². The second-order valence-electron chi connectivity index (χ2n) is 9.01. The van der Waals surface area contributed by atoms with Gasteiger partial charge in [-0.3, -0.25) is 9.69 Å². The Morgan fingerprint density at radius 1 is 1.04 bits per heavy atom.